The van der Waals surface area contributed by atoms with Gasteiger partial charge in [0.1, 0.15) is 18.2 Å². The minimum absolute atomic E-state index is 0.121. The van der Waals surface area contributed by atoms with Crippen molar-refractivity contribution in [1.82, 2.24) is 14.8 Å². The van der Waals surface area contributed by atoms with Gasteiger partial charge in [0.05, 0.1) is 0 Å². The first-order chi connectivity index (χ1) is 5.63. The first-order valence-electron chi connectivity index (χ1n) is 3.51. The monoisotopic (exact) mass is 166 g/mol. The van der Waals surface area contributed by atoms with Crippen molar-refractivity contribution >= 4 is 12.6 Å². The molecule has 64 valence electrons. The Morgan fingerprint density at radius 1 is 1.67 bits per heavy atom. The van der Waals surface area contributed by atoms with E-state index >= 15 is 0 Å². The summed E-state index contributed by atoms with van der Waals surface area (Å²) in [5.41, 5.74) is 0. The molecule has 0 spiro atoms. The van der Waals surface area contributed by atoms with Crippen LogP contribution in [-0.2, 0) is 11.3 Å². The SMILES string of the molecule is C=NC(=O)Cn1nc(C)nc1C. The van der Waals surface area contributed by atoms with Crippen LogP contribution in [0.4, 0.5) is 0 Å². The van der Waals surface area contributed by atoms with E-state index in [0.717, 1.165) is 0 Å². The lowest BCUT2D eigenvalue weighted by atomic mass is 10.6. The second-order valence-corrected chi connectivity index (χ2v) is 2.42. The van der Waals surface area contributed by atoms with E-state index in [-0.39, 0.29) is 12.5 Å². The molecule has 0 bridgehead atoms. The molecule has 0 radical (unpaired) electrons. The number of hydrogen-bond donors (Lipinski definition) is 0. The molecule has 0 aliphatic heterocycles. The minimum Gasteiger partial charge on any atom is -0.270 e. The summed E-state index contributed by atoms with van der Waals surface area (Å²) in [6.45, 7) is 6.81. The Balaban J connectivity index is 2.81. The van der Waals surface area contributed by atoms with Gasteiger partial charge in [-0.3, -0.25) is 4.79 Å². The first kappa shape index (κ1) is 8.58. The second-order valence-electron chi connectivity index (χ2n) is 2.42. The molecule has 1 aromatic rings. The highest BCUT2D eigenvalue weighted by atomic mass is 16.1. The van der Waals surface area contributed by atoms with Crippen molar-refractivity contribution in [3.63, 3.8) is 0 Å². The summed E-state index contributed by atoms with van der Waals surface area (Å²) in [5, 5.41) is 4.00. The highest BCUT2D eigenvalue weighted by Gasteiger charge is 2.05. The molecule has 0 aliphatic carbocycles. The third kappa shape index (κ3) is 1.75. The van der Waals surface area contributed by atoms with Crippen LogP contribution < -0.4 is 0 Å². The number of amides is 1. The summed E-state index contributed by atoms with van der Waals surface area (Å²) in [6.07, 6.45) is 0. The van der Waals surface area contributed by atoms with E-state index in [0.29, 0.717) is 11.6 Å². The summed E-state index contributed by atoms with van der Waals surface area (Å²) in [6, 6.07) is 0. The lowest BCUT2D eigenvalue weighted by Crippen LogP contribution is -2.10. The zero-order chi connectivity index (χ0) is 9.14. The average Bonchev–Trinajstić information content (AvgIpc) is 2.30. The summed E-state index contributed by atoms with van der Waals surface area (Å²) in [4.78, 5) is 18.1. The van der Waals surface area contributed by atoms with Crippen LogP contribution in [0.3, 0.4) is 0 Å². The molecule has 1 amide bonds. The number of aromatic nitrogens is 3. The lowest BCUT2D eigenvalue weighted by molar-refractivity contribution is -0.118. The number of carbonyl (C=O) groups excluding carboxylic acids is 1. The molecular weight excluding hydrogens is 156 g/mol. The van der Waals surface area contributed by atoms with Crippen LogP contribution in [0, 0.1) is 13.8 Å². The van der Waals surface area contributed by atoms with E-state index in [1.165, 1.54) is 4.68 Å². The van der Waals surface area contributed by atoms with E-state index in [1.54, 1.807) is 13.8 Å². The summed E-state index contributed by atoms with van der Waals surface area (Å²) >= 11 is 0. The van der Waals surface area contributed by atoms with Gasteiger partial charge in [0.15, 0.2) is 0 Å². The molecule has 0 aliphatic rings. The fraction of sp³-hybridized carbons (Fsp3) is 0.429. The number of aryl methyl sites for hydroxylation is 2. The van der Waals surface area contributed by atoms with Gasteiger partial charge in [-0.25, -0.2) is 14.7 Å². The Morgan fingerprint density at radius 3 is 2.75 bits per heavy atom. The van der Waals surface area contributed by atoms with E-state index in [9.17, 15) is 4.79 Å². The fourth-order valence-corrected chi connectivity index (χ4v) is 0.889. The van der Waals surface area contributed by atoms with Crippen LogP contribution in [0.2, 0.25) is 0 Å². The van der Waals surface area contributed by atoms with Gasteiger partial charge >= 0.3 is 0 Å². The number of hydrogen-bond acceptors (Lipinski definition) is 3. The van der Waals surface area contributed by atoms with Crippen molar-refractivity contribution in [2.75, 3.05) is 0 Å². The van der Waals surface area contributed by atoms with Gasteiger partial charge in [0.25, 0.3) is 5.91 Å². The van der Waals surface area contributed by atoms with Gasteiger partial charge in [0, 0.05) is 0 Å². The summed E-state index contributed by atoms with van der Waals surface area (Å²) < 4.78 is 1.51. The normalized spacial score (nSPS) is 9.83. The summed E-state index contributed by atoms with van der Waals surface area (Å²) in [7, 11) is 0. The maximum absolute atomic E-state index is 10.8. The molecule has 0 unspecified atom stereocenters. The van der Waals surface area contributed by atoms with Crippen molar-refractivity contribution in [1.29, 1.82) is 0 Å². The lowest BCUT2D eigenvalue weighted by Gasteiger charge is -1.96. The maximum Gasteiger partial charge on any atom is 0.266 e. The van der Waals surface area contributed by atoms with Gasteiger partial charge in [-0.05, 0) is 20.6 Å². The van der Waals surface area contributed by atoms with E-state index < -0.39 is 0 Å². The quantitative estimate of drug-likeness (QED) is 0.586. The highest BCUT2D eigenvalue weighted by Crippen LogP contribution is 1.95. The largest absolute Gasteiger partial charge is 0.270 e. The molecule has 0 fully saturated rings. The standard InChI is InChI=1S/C7H10N4O/c1-5-9-6(2)11(10-5)4-7(12)8-3/h3-4H2,1-2H3. The highest BCUT2D eigenvalue weighted by molar-refractivity contribution is 5.80. The van der Waals surface area contributed by atoms with Crippen molar-refractivity contribution in [3.8, 4) is 0 Å². The predicted octanol–water partition coefficient (Wildman–Crippen LogP) is 0.122. The smallest absolute Gasteiger partial charge is 0.266 e. The molecular formula is C7H10N4O. The van der Waals surface area contributed by atoms with Gasteiger partial charge in [-0.2, -0.15) is 5.10 Å². The summed E-state index contributed by atoms with van der Waals surface area (Å²) in [5.74, 6) is 1.07. The second kappa shape index (κ2) is 3.25. The predicted molar refractivity (Wildman–Crippen MR) is 44.1 cm³/mol. The van der Waals surface area contributed by atoms with E-state index in [1.807, 2.05) is 0 Å². The topological polar surface area (TPSA) is 60.1 Å². The first-order valence-corrected chi connectivity index (χ1v) is 3.51. The van der Waals surface area contributed by atoms with Crippen molar-refractivity contribution in [2.45, 2.75) is 20.4 Å². The molecule has 0 saturated carbocycles. The molecule has 5 heteroatoms. The molecule has 0 saturated heterocycles. The van der Waals surface area contributed by atoms with Crippen LogP contribution in [-0.4, -0.2) is 27.4 Å². The number of carbonyl (C=O) groups is 1. The Morgan fingerprint density at radius 2 is 2.33 bits per heavy atom. The van der Waals surface area contributed by atoms with Crippen LogP contribution in [0.1, 0.15) is 11.6 Å². The maximum atomic E-state index is 10.8. The molecule has 0 N–H and O–H groups in total. The zero-order valence-electron chi connectivity index (χ0n) is 7.11. The van der Waals surface area contributed by atoms with Gasteiger partial charge in [-0.15, -0.1) is 0 Å². The number of aliphatic imine (C=N–C) groups is 1. The zero-order valence-corrected chi connectivity index (χ0v) is 7.11. The van der Waals surface area contributed by atoms with E-state index in [4.69, 9.17) is 0 Å². The van der Waals surface area contributed by atoms with Crippen LogP contribution in [0.5, 0.6) is 0 Å². The van der Waals surface area contributed by atoms with Crippen LogP contribution >= 0.6 is 0 Å². The Kier molecular flexibility index (Phi) is 2.32. The Bertz CT molecular complexity index is 315. The van der Waals surface area contributed by atoms with Gasteiger partial charge < -0.3 is 0 Å². The Hall–Kier alpha value is -1.52. The third-order valence-corrected chi connectivity index (χ3v) is 1.42. The van der Waals surface area contributed by atoms with E-state index in [2.05, 4.69) is 21.8 Å². The molecule has 1 aromatic heterocycles. The average molecular weight is 166 g/mol. The third-order valence-electron chi connectivity index (χ3n) is 1.42. The Labute approximate surface area is 70.1 Å². The fourth-order valence-electron chi connectivity index (χ4n) is 0.889. The van der Waals surface area contributed by atoms with Crippen LogP contribution in [0.15, 0.2) is 4.99 Å². The van der Waals surface area contributed by atoms with Crippen LogP contribution in [0.25, 0.3) is 0 Å². The van der Waals surface area contributed by atoms with Crippen molar-refractivity contribution in [2.24, 2.45) is 4.99 Å². The number of rotatable bonds is 2. The molecule has 1 rings (SSSR count). The minimum atomic E-state index is -0.303. The molecule has 0 aromatic carbocycles. The van der Waals surface area contributed by atoms with Crippen molar-refractivity contribution in [3.05, 3.63) is 11.6 Å². The van der Waals surface area contributed by atoms with Gasteiger partial charge in [0.2, 0.25) is 0 Å². The number of nitrogens with zero attached hydrogens (tertiary/aromatic N) is 4. The molecule has 0 atom stereocenters. The van der Waals surface area contributed by atoms with Gasteiger partial charge in [-0.1, -0.05) is 0 Å². The van der Waals surface area contributed by atoms with Crippen molar-refractivity contribution < 1.29 is 4.79 Å². The molecule has 12 heavy (non-hydrogen) atoms. The molecule has 1 heterocycles. The molecule has 5 nitrogen and oxygen atoms in total.